The molecule has 164 valence electrons. The highest BCUT2D eigenvalue weighted by Gasteiger charge is 2.25. The van der Waals surface area contributed by atoms with Crippen molar-refractivity contribution in [1.82, 2.24) is 19.9 Å². The SMILES string of the molecule is CCOC(=O)c1sc2ncnc(N3CCN(Cc4cccc5cccnc45)CC3)c2c1C. The maximum absolute atomic E-state index is 12.3. The van der Waals surface area contributed by atoms with Crippen LogP contribution in [-0.4, -0.2) is 58.6 Å². The molecule has 1 aliphatic rings. The lowest BCUT2D eigenvalue weighted by molar-refractivity contribution is 0.0531. The first-order valence-corrected chi connectivity index (χ1v) is 11.7. The highest BCUT2D eigenvalue weighted by molar-refractivity contribution is 7.20. The Kier molecular flexibility index (Phi) is 5.71. The van der Waals surface area contributed by atoms with Crippen molar-refractivity contribution < 1.29 is 9.53 Å². The number of piperazine rings is 1. The number of thiophene rings is 1. The largest absolute Gasteiger partial charge is 0.462 e. The number of hydrogen-bond acceptors (Lipinski definition) is 8. The molecule has 0 radical (unpaired) electrons. The van der Waals surface area contributed by atoms with E-state index in [4.69, 9.17) is 4.74 Å². The molecule has 0 amide bonds. The van der Waals surface area contributed by atoms with E-state index in [1.165, 1.54) is 22.3 Å². The Morgan fingerprint density at radius 1 is 1.09 bits per heavy atom. The first-order chi connectivity index (χ1) is 15.7. The van der Waals surface area contributed by atoms with E-state index >= 15 is 0 Å². The van der Waals surface area contributed by atoms with Crippen molar-refractivity contribution in [2.24, 2.45) is 0 Å². The van der Waals surface area contributed by atoms with Crippen LogP contribution in [0, 0.1) is 6.92 Å². The number of para-hydroxylation sites is 1. The van der Waals surface area contributed by atoms with E-state index in [0.717, 1.165) is 59.8 Å². The van der Waals surface area contributed by atoms with Crippen molar-refractivity contribution in [3.8, 4) is 0 Å². The van der Waals surface area contributed by atoms with Crippen LogP contribution >= 0.6 is 11.3 Å². The Morgan fingerprint density at radius 3 is 2.72 bits per heavy atom. The minimum absolute atomic E-state index is 0.285. The molecule has 5 rings (SSSR count). The second-order valence-corrected chi connectivity index (χ2v) is 8.91. The molecule has 0 unspecified atom stereocenters. The van der Waals surface area contributed by atoms with Gasteiger partial charge in [0.15, 0.2) is 0 Å². The van der Waals surface area contributed by atoms with Gasteiger partial charge in [0.1, 0.15) is 21.9 Å². The van der Waals surface area contributed by atoms with Crippen LogP contribution in [0.2, 0.25) is 0 Å². The van der Waals surface area contributed by atoms with Gasteiger partial charge in [0.25, 0.3) is 0 Å². The number of fused-ring (bicyclic) bond motifs is 2. The lowest BCUT2D eigenvalue weighted by atomic mass is 10.1. The minimum atomic E-state index is -0.285. The van der Waals surface area contributed by atoms with E-state index in [9.17, 15) is 4.79 Å². The predicted octanol–water partition coefficient (Wildman–Crippen LogP) is 4.05. The summed E-state index contributed by atoms with van der Waals surface area (Å²) in [5.74, 6) is 0.623. The van der Waals surface area contributed by atoms with Crippen LogP contribution < -0.4 is 4.90 Å². The zero-order valence-corrected chi connectivity index (χ0v) is 19.1. The third-order valence-electron chi connectivity index (χ3n) is 5.95. The van der Waals surface area contributed by atoms with Crippen LogP contribution in [-0.2, 0) is 11.3 Å². The fourth-order valence-electron chi connectivity index (χ4n) is 4.34. The highest BCUT2D eigenvalue weighted by Crippen LogP contribution is 2.35. The second-order valence-electron chi connectivity index (χ2n) is 7.91. The summed E-state index contributed by atoms with van der Waals surface area (Å²) in [6, 6.07) is 10.5. The summed E-state index contributed by atoms with van der Waals surface area (Å²) in [6.45, 7) is 8.63. The number of ether oxygens (including phenoxy) is 1. The number of hydrogen-bond donors (Lipinski definition) is 0. The molecule has 1 fully saturated rings. The van der Waals surface area contributed by atoms with E-state index in [0.29, 0.717) is 11.5 Å². The Morgan fingerprint density at radius 2 is 1.91 bits per heavy atom. The van der Waals surface area contributed by atoms with Crippen LogP contribution in [0.5, 0.6) is 0 Å². The van der Waals surface area contributed by atoms with Gasteiger partial charge in [-0.1, -0.05) is 24.3 Å². The van der Waals surface area contributed by atoms with Gasteiger partial charge in [-0.15, -0.1) is 11.3 Å². The second kappa shape index (κ2) is 8.80. The Labute approximate surface area is 190 Å². The van der Waals surface area contributed by atoms with Gasteiger partial charge < -0.3 is 9.64 Å². The van der Waals surface area contributed by atoms with Gasteiger partial charge in [0.2, 0.25) is 0 Å². The summed E-state index contributed by atoms with van der Waals surface area (Å²) >= 11 is 1.38. The summed E-state index contributed by atoms with van der Waals surface area (Å²) in [6.07, 6.45) is 3.45. The standard InChI is InChI=1S/C24H25N5O2S/c1-3-31-24(30)21-16(2)19-22(26-15-27-23(19)32-21)29-12-10-28(11-13-29)14-18-7-4-6-17-8-5-9-25-20(17)18/h4-9,15H,3,10-14H2,1-2H3. The van der Waals surface area contributed by atoms with Gasteiger partial charge >= 0.3 is 5.97 Å². The number of anilines is 1. The Hall–Kier alpha value is -3.10. The highest BCUT2D eigenvalue weighted by atomic mass is 32.1. The molecule has 0 bridgehead atoms. The lowest BCUT2D eigenvalue weighted by Gasteiger charge is -2.35. The van der Waals surface area contributed by atoms with Crippen LogP contribution in [0.1, 0.15) is 27.7 Å². The normalized spacial score (nSPS) is 14.9. The lowest BCUT2D eigenvalue weighted by Crippen LogP contribution is -2.46. The van der Waals surface area contributed by atoms with Crippen molar-refractivity contribution in [2.75, 3.05) is 37.7 Å². The molecule has 1 aliphatic heterocycles. The van der Waals surface area contributed by atoms with E-state index in [2.05, 4.69) is 49.0 Å². The number of esters is 1. The number of carbonyl (C=O) groups excluding carboxylic acids is 1. The molecule has 7 nitrogen and oxygen atoms in total. The monoisotopic (exact) mass is 447 g/mol. The molecule has 1 saturated heterocycles. The molecular weight excluding hydrogens is 422 g/mol. The molecule has 32 heavy (non-hydrogen) atoms. The maximum Gasteiger partial charge on any atom is 0.348 e. The van der Waals surface area contributed by atoms with Crippen LogP contribution in [0.25, 0.3) is 21.1 Å². The van der Waals surface area contributed by atoms with E-state index in [1.807, 2.05) is 26.1 Å². The molecule has 4 aromatic rings. The average molecular weight is 448 g/mol. The Bertz CT molecular complexity index is 1270. The zero-order valence-electron chi connectivity index (χ0n) is 18.2. The van der Waals surface area contributed by atoms with Gasteiger partial charge in [-0.3, -0.25) is 9.88 Å². The summed E-state index contributed by atoms with van der Waals surface area (Å²) in [4.78, 5) is 32.2. The van der Waals surface area contributed by atoms with Gasteiger partial charge in [0, 0.05) is 44.3 Å². The summed E-state index contributed by atoms with van der Waals surface area (Å²) in [7, 11) is 0. The van der Waals surface area contributed by atoms with Crippen LogP contribution in [0.4, 0.5) is 5.82 Å². The van der Waals surface area contributed by atoms with E-state index in [-0.39, 0.29) is 5.97 Å². The van der Waals surface area contributed by atoms with E-state index in [1.54, 1.807) is 6.33 Å². The molecule has 8 heteroatoms. The maximum atomic E-state index is 12.3. The van der Waals surface area contributed by atoms with Crippen molar-refractivity contribution in [1.29, 1.82) is 0 Å². The van der Waals surface area contributed by atoms with Gasteiger partial charge in [-0.25, -0.2) is 14.8 Å². The number of aromatic nitrogens is 3. The van der Waals surface area contributed by atoms with Crippen LogP contribution in [0.3, 0.4) is 0 Å². The minimum Gasteiger partial charge on any atom is -0.462 e. The average Bonchev–Trinajstić information content (AvgIpc) is 3.17. The van der Waals surface area contributed by atoms with Gasteiger partial charge in [0.05, 0.1) is 17.5 Å². The number of carbonyl (C=O) groups is 1. The van der Waals surface area contributed by atoms with Crippen molar-refractivity contribution >= 4 is 44.2 Å². The molecular formula is C24H25N5O2S. The summed E-state index contributed by atoms with van der Waals surface area (Å²) < 4.78 is 5.22. The number of nitrogens with zero attached hydrogens (tertiary/aromatic N) is 5. The number of rotatable bonds is 5. The summed E-state index contributed by atoms with van der Waals surface area (Å²) in [5.41, 5.74) is 3.24. The number of pyridine rings is 1. The molecule has 0 spiro atoms. The van der Waals surface area contributed by atoms with Crippen molar-refractivity contribution in [2.45, 2.75) is 20.4 Å². The molecule has 1 aromatic carbocycles. The molecule has 0 N–H and O–H groups in total. The fourth-order valence-corrected chi connectivity index (χ4v) is 5.37. The smallest absolute Gasteiger partial charge is 0.348 e. The quantitative estimate of drug-likeness (QED) is 0.428. The fraction of sp³-hybridized carbons (Fsp3) is 0.333. The molecule has 0 atom stereocenters. The zero-order chi connectivity index (χ0) is 22.1. The molecule has 3 aromatic heterocycles. The van der Waals surface area contributed by atoms with Gasteiger partial charge in [-0.05, 0) is 31.0 Å². The van der Waals surface area contributed by atoms with Crippen molar-refractivity contribution in [3.05, 3.63) is 58.9 Å². The first-order valence-electron chi connectivity index (χ1n) is 10.9. The molecule has 4 heterocycles. The first kappa shape index (κ1) is 20.8. The Balaban J connectivity index is 1.34. The van der Waals surface area contributed by atoms with E-state index < -0.39 is 0 Å². The molecule has 0 aliphatic carbocycles. The van der Waals surface area contributed by atoms with Crippen molar-refractivity contribution in [3.63, 3.8) is 0 Å². The summed E-state index contributed by atoms with van der Waals surface area (Å²) in [5, 5.41) is 2.14. The third-order valence-corrected chi connectivity index (χ3v) is 7.13. The third kappa shape index (κ3) is 3.80. The van der Waals surface area contributed by atoms with Crippen LogP contribution in [0.15, 0.2) is 42.9 Å². The number of benzene rings is 1. The number of aryl methyl sites for hydroxylation is 1. The topological polar surface area (TPSA) is 71.5 Å². The molecule has 0 saturated carbocycles. The predicted molar refractivity (Wildman–Crippen MR) is 127 cm³/mol. The van der Waals surface area contributed by atoms with Gasteiger partial charge in [-0.2, -0.15) is 0 Å².